The van der Waals surface area contributed by atoms with Crippen LogP contribution in [0.4, 0.5) is 8.78 Å². The Morgan fingerprint density at radius 3 is 1.98 bits per heavy atom. The Labute approximate surface area is 243 Å². The average molecular weight is 579 g/mol. The summed E-state index contributed by atoms with van der Waals surface area (Å²) in [4.78, 5) is 36.6. The van der Waals surface area contributed by atoms with E-state index < -0.39 is 29.7 Å². The van der Waals surface area contributed by atoms with E-state index in [-0.39, 0.29) is 36.9 Å². The van der Waals surface area contributed by atoms with Gasteiger partial charge in [-0.1, -0.05) is 41.5 Å². The summed E-state index contributed by atoms with van der Waals surface area (Å²) in [6.45, 7) is 15.3. The second-order valence-corrected chi connectivity index (χ2v) is 9.67. The molecule has 8 nitrogen and oxygen atoms in total. The fourth-order valence-electron chi connectivity index (χ4n) is 4.03. The first-order valence-corrected chi connectivity index (χ1v) is 14.2. The van der Waals surface area contributed by atoms with Gasteiger partial charge in [-0.15, -0.1) is 0 Å². The SMILES string of the molecule is CC.CCCN(CCC)C(=O)c1cc(C)cc(C(=O)OC(CNC(C)C)C(N)Cc2cc(F)cc(F)c2)c1.NC=O. The highest BCUT2D eigenvalue weighted by Gasteiger charge is 2.25. The van der Waals surface area contributed by atoms with E-state index in [0.717, 1.165) is 24.5 Å². The quantitative estimate of drug-likeness (QED) is 0.232. The molecule has 0 spiro atoms. The van der Waals surface area contributed by atoms with Crippen molar-refractivity contribution >= 4 is 18.3 Å². The predicted octanol–water partition coefficient (Wildman–Crippen LogP) is 4.76. The lowest BCUT2D eigenvalue weighted by Crippen LogP contribution is -2.47. The van der Waals surface area contributed by atoms with Crippen molar-refractivity contribution in [2.45, 2.75) is 85.9 Å². The third-order valence-corrected chi connectivity index (χ3v) is 5.69. The van der Waals surface area contributed by atoms with Crippen LogP contribution in [0.5, 0.6) is 0 Å². The lowest BCUT2D eigenvalue weighted by atomic mass is 10.0. The van der Waals surface area contributed by atoms with Gasteiger partial charge in [-0.05, 0) is 67.6 Å². The van der Waals surface area contributed by atoms with Crippen molar-refractivity contribution in [2.24, 2.45) is 11.5 Å². The van der Waals surface area contributed by atoms with Gasteiger partial charge in [0.1, 0.15) is 17.7 Å². The number of carbonyl (C=O) groups is 3. The molecule has 0 heterocycles. The third kappa shape index (κ3) is 14.2. The zero-order valence-electron chi connectivity index (χ0n) is 25.5. The standard InChI is InChI=1S/C28H39F2N3O3.C2H6.CH3NO/c1-6-8-33(9-7-2)27(34)21-10-19(5)11-22(15-21)28(35)36-26(17-32-18(3)4)25(31)14-20-12-23(29)16-24(30)13-20;1-2;2-1-3/h10-13,15-16,18,25-26,32H,6-9,14,17,31H2,1-5H3;1-2H3;1H,(H2,2,3). The van der Waals surface area contributed by atoms with E-state index in [1.165, 1.54) is 12.1 Å². The minimum Gasteiger partial charge on any atom is -0.456 e. The largest absolute Gasteiger partial charge is 0.456 e. The van der Waals surface area contributed by atoms with Crippen LogP contribution >= 0.6 is 0 Å². The molecule has 5 N–H and O–H groups in total. The Hall–Kier alpha value is -3.37. The average Bonchev–Trinajstić information content (AvgIpc) is 2.90. The zero-order chi connectivity index (χ0) is 31.5. The van der Waals surface area contributed by atoms with Gasteiger partial charge in [-0.3, -0.25) is 9.59 Å². The van der Waals surface area contributed by atoms with Crippen molar-refractivity contribution in [1.82, 2.24) is 10.2 Å². The Morgan fingerprint density at radius 2 is 1.49 bits per heavy atom. The number of rotatable bonds is 13. The summed E-state index contributed by atoms with van der Waals surface area (Å²) < 4.78 is 33.1. The number of esters is 1. The normalized spacial score (nSPS) is 11.8. The molecule has 0 aromatic heterocycles. The van der Waals surface area contributed by atoms with E-state index in [1.807, 2.05) is 48.5 Å². The van der Waals surface area contributed by atoms with Gasteiger partial charge in [-0.25, -0.2) is 13.6 Å². The van der Waals surface area contributed by atoms with Gasteiger partial charge in [0.15, 0.2) is 0 Å². The van der Waals surface area contributed by atoms with Crippen molar-refractivity contribution in [1.29, 1.82) is 0 Å². The molecule has 2 unspecified atom stereocenters. The molecule has 0 aliphatic rings. The van der Waals surface area contributed by atoms with Crippen LogP contribution in [0.25, 0.3) is 0 Å². The van der Waals surface area contributed by atoms with Crippen LogP contribution in [0.3, 0.4) is 0 Å². The number of amides is 2. The smallest absolute Gasteiger partial charge is 0.338 e. The fraction of sp³-hybridized carbons (Fsp3) is 0.516. The summed E-state index contributed by atoms with van der Waals surface area (Å²) in [5, 5.41) is 3.21. The number of benzene rings is 2. The molecule has 0 saturated heterocycles. The first-order valence-electron chi connectivity index (χ1n) is 14.2. The molecule has 0 bridgehead atoms. The second kappa shape index (κ2) is 20.5. The molecule has 2 atom stereocenters. The van der Waals surface area contributed by atoms with Gasteiger partial charge >= 0.3 is 5.97 Å². The van der Waals surface area contributed by atoms with E-state index in [2.05, 4.69) is 11.1 Å². The number of nitrogens with zero attached hydrogens (tertiary/aromatic N) is 1. The molecular weight excluding hydrogens is 530 g/mol. The van der Waals surface area contributed by atoms with Crippen molar-refractivity contribution in [3.8, 4) is 0 Å². The summed E-state index contributed by atoms with van der Waals surface area (Å²) >= 11 is 0. The van der Waals surface area contributed by atoms with Crippen LogP contribution < -0.4 is 16.8 Å². The van der Waals surface area contributed by atoms with Gasteiger partial charge in [-0.2, -0.15) is 0 Å². The van der Waals surface area contributed by atoms with Crippen LogP contribution in [0.15, 0.2) is 36.4 Å². The molecule has 0 radical (unpaired) electrons. The number of primary amides is 1. The van der Waals surface area contributed by atoms with Crippen molar-refractivity contribution < 1.29 is 27.9 Å². The third-order valence-electron chi connectivity index (χ3n) is 5.69. The predicted molar refractivity (Wildman–Crippen MR) is 160 cm³/mol. The summed E-state index contributed by atoms with van der Waals surface area (Å²) in [5.74, 6) is -2.12. The van der Waals surface area contributed by atoms with Crippen molar-refractivity contribution in [3.05, 3.63) is 70.3 Å². The van der Waals surface area contributed by atoms with E-state index in [0.29, 0.717) is 24.2 Å². The summed E-state index contributed by atoms with van der Waals surface area (Å²) in [7, 11) is 0. The number of ether oxygens (including phenoxy) is 1. The van der Waals surface area contributed by atoms with Crippen molar-refractivity contribution in [3.63, 3.8) is 0 Å². The van der Waals surface area contributed by atoms with Crippen LogP contribution in [0, 0.1) is 18.6 Å². The Kier molecular flexibility index (Phi) is 18.8. The summed E-state index contributed by atoms with van der Waals surface area (Å²) in [6, 6.07) is 7.61. The van der Waals surface area contributed by atoms with Gasteiger partial charge in [0.2, 0.25) is 6.41 Å². The molecule has 2 amide bonds. The second-order valence-electron chi connectivity index (χ2n) is 9.67. The number of hydrogen-bond donors (Lipinski definition) is 3. The highest BCUT2D eigenvalue weighted by atomic mass is 19.1. The number of carbonyl (C=O) groups excluding carboxylic acids is 3. The van der Waals surface area contributed by atoms with Crippen LogP contribution in [0.2, 0.25) is 0 Å². The molecular formula is C31H48F2N4O4. The molecule has 0 fully saturated rings. The number of aryl methyl sites for hydroxylation is 1. The van der Waals surface area contributed by atoms with E-state index >= 15 is 0 Å². The number of halogens is 2. The van der Waals surface area contributed by atoms with E-state index in [1.54, 1.807) is 23.1 Å². The Morgan fingerprint density at radius 1 is 0.976 bits per heavy atom. The molecule has 2 aromatic rings. The minimum absolute atomic E-state index is 0.108. The van der Waals surface area contributed by atoms with E-state index in [9.17, 15) is 18.4 Å². The van der Waals surface area contributed by atoms with Crippen LogP contribution in [-0.2, 0) is 16.0 Å². The molecule has 0 aliphatic heterocycles. The zero-order valence-corrected chi connectivity index (χ0v) is 25.5. The molecule has 230 valence electrons. The number of nitrogens with two attached hydrogens (primary N) is 2. The highest BCUT2D eigenvalue weighted by Crippen LogP contribution is 2.17. The highest BCUT2D eigenvalue weighted by molar-refractivity contribution is 5.98. The van der Waals surface area contributed by atoms with Crippen molar-refractivity contribution in [2.75, 3.05) is 19.6 Å². The maximum Gasteiger partial charge on any atom is 0.338 e. The van der Waals surface area contributed by atoms with Gasteiger partial charge in [0.05, 0.1) is 5.56 Å². The maximum absolute atomic E-state index is 13.6. The molecule has 41 heavy (non-hydrogen) atoms. The molecule has 2 aromatic carbocycles. The summed E-state index contributed by atoms with van der Waals surface area (Å²) in [5.41, 5.74) is 12.3. The summed E-state index contributed by atoms with van der Waals surface area (Å²) in [6.07, 6.45) is 1.28. The first kappa shape index (κ1) is 37.6. The Bertz CT molecular complexity index is 1060. The molecule has 10 heteroatoms. The van der Waals surface area contributed by atoms with Crippen LogP contribution in [0.1, 0.15) is 86.2 Å². The van der Waals surface area contributed by atoms with Crippen LogP contribution in [-0.4, -0.2) is 61.0 Å². The lowest BCUT2D eigenvalue weighted by Gasteiger charge is -2.26. The fourth-order valence-corrected chi connectivity index (χ4v) is 4.03. The van der Waals surface area contributed by atoms with E-state index in [4.69, 9.17) is 15.3 Å². The molecule has 0 saturated carbocycles. The Balaban J connectivity index is 0.00000299. The first-order chi connectivity index (χ1) is 19.4. The number of hydrogen-bond acceptors (Lipinski definition) is 6. The van der Waals surface area contributed by atoms with Gasteiger partial charge < -0.3 is 26.4 Å². The maximum atomic E-state index is 13.6. The lowest BCUT2D eigenvalue weighted by molar-refractivity contribution is -0.106. The molecule has 0 aliphatic carbocycles. The number of nitrogens with one attached hydrogen (secondary N) is 1. The molecule has 2 rings (SSSR count). The minimum atomic E-state index is -0.762. The monoisotopic (exact) mass is 578 g/mol. The topological polar surface area (TPSA) is 128 Å². The van der Waals surface area contributed by atoms with Gasteiger partial charge in [0.25, 0.3) is 5.91 Å². The van der Waals surface area contributed by atoms with Gasteiger partial charge in [0, 0.05) is 43.3 Å².